The molecular formula is C23H20N4O3S2. The minimum absolute atomic E-state index is 0.0457. The number of benzene rings is 2. The highest BCUT2D eigenvalue weighted by molar-refractivity contribution is 8.00. The molecule has 1 aliphatic heterocycles. The molecule has 0 saturated carbocycles. The summed E-state index contributed by atoms with van der Waals surface area (Å²) in [5.41, 5.74) is 1.77. The van der Waals surface area contributed by atoms with Gasteiger partial charge < -0.3 is 14.8 Å². The number of thiophene rings is 1. The number of carbonyl (C=O) groups excluding carboxylic acids is 1. The van der Waals surface area contributed by atoms with Crippen LogP contribution in [-0.4, -0.2) is 32.7 Å². The van der Waals surface area contributed by atoms with Crippen LogP contribution in [0.4, 0.5) is 0 Å². The van der Waals surface area contributed by atoms with Crippen LogP contribution >= 0.6 is 23.1 Å². The van der Waals surface area contributed by atoms with E-state index in [1.54, 1.807) is 11.3 Å². The first-order valence-corrected chi connectivity index (χ1v) is 11.8. The lowest BCUT2D eigenvalue weighted by molar-refractivity contribution is -0.120. The Kier molecular flexibility index (Phi) is 5.83. The predicted octanol–water partition coefficient (Wildman–Crippen LogP) is 4.52. The summed E-state index contributed by atoms with van der Waals surface area (Å²) in [6, 6.07) is 19.6. The normalized spacial score (nSPS) is 13.2. The molecule has 32 heavy (non-hydrogen) atoms. The van der Waals surface area contributed by atoms with Crippen molar-refractivity contribution in [2.75, 3.05) is 6.79 Å². The number of aromatic nitrogens is 3. The second-order valence-electron chi connectivity index (χ2n) is 7.10. The Bertz CT molecular complexity index is 1230. The van der Waals surface area contributed by atoms with E-state index in [9.17, 15) is 4.79 Å². The lowest BCUT2D eigenvalue weighted by Gasteiger charge is -2.14. The summed E-state index contributed by atoms with van der Waals surface area (Å²) in [7, 11) is 0. The molecule has 2 aromatic heterocycles. The Balaban J connectivity index is 1.43. The van der Waals surface area contributed by atoms with Gasteiger partial charge in [-0.05, 0) is 48.7 Å². The fourth-order valence-electron chi connectivity index (χ4n) is 3.32. The molecule has 0 bridgehead atoms. The van der Waals surface area contributed by atoms with Gasteiger partial charge in [0.25, 0.3) is 0 Å². The Labute approximate surface area is 193 Å². The lowest BCUT2D eigenvalue weighted by Crippen LogP contribution is -2.30. The molecule has 1 aliphatic rings. The zero-order valence-electron chi connectivity index (χ0n) is 17.2. The maximum Gasteiger partial charge on any atom is 0.233 e. The van der Waals surface area contributed by atoms with E-state index >= 15 is 0 Å². The summed E-state index contributed by atoms with van der Waals surface area (Å²) in [6.45, 7) is 2.61. The predicted molar refractivity (Wildman–Crippen MR) is 124 cm³/mol. The Morgan fingerprint density at radius 2 is 1.97 bits per heavy atom. The fourth-order valence-corrected chi connectivity index (χ4v) is 4.86. The smallest absolute Gasteiger partial charge is 0.233 e. The molecule has 1 amide bonds. The van der Waals surface area contributed by atoms with Crippen molar-refractivity contribution in [1.29, 1.82) is 0 Å². The van der Waals surface area contributed by atoms with Crippen molar-refractivity contribution in [1.82, 2.24) is 20.1 Å². The maximum absolute atomic E-state index is 12.7. The first kappa shape index (κ1) is 20.6. The van der Waals surface area contributed by atoms with E-state index in [1.807, 2.05) is 77.5 Å². The number of amides is 1. The largest absolute Gasteiger partial charge is 0.454 e. The Hall–Kier alpha value is -3.30. The van der Waals surface area contributed by atoms with E-state index in [-0.39, 0.29) is 18.0 Å². The SMILES string of the molecule is C[C@H](Sc1nnc(-c2ccc3c(c2)OCO3)n1-c1ccccc1)C(=O)NCc1cccs1. The molecule has 162 valence electrons. The highest BCUT2D eigenvalue weighted by atomic mass is 32.2. The minimum atomic E-state index is -0.341. The van der Waals surface area contributed by atoms with Crippen LogP contribution in [0.25, 0.3) is 17.1 Å². The van der Waals surface area contributed by atoms with Gasteiger partial charge in [-0.25, -0.2) is 0 Å². The number of thioether (sulfide) groups is 1. The molecule has 0 unspecified atom stereocenters. The van der Waals surface area contributed by atoms with Crippen molar-refractivity contribution >= 4 is 29.0 Å². The van der Waals surface area contributed by atoms with Crippen molar-refractivity contribution in [2.24, 2.45) is 0 Å². The minimum Gasteiger partial charge on any atom is -0.454 e. The molecule has 1 N–H and O–H groups in total. The third kappa shape index (κ3) is 4.21. The number of para-hydroxylation sites is 1. The van der Waals surface area contributed by atoms with Gasteiger partial charge in [-0.1, -0.05) is 36.0 Å². The van der Waals surface area contributed by atoms with Crippen LogP contribution in [0.15, 0.2) is 71.2 Å². The van der Waals surface area contributed by atoms with Crippen LogP contribution in [0.1, 0.15) is 11.8 Å². The molecule has 5 rings (SSSR count). The summed E-state index contributed by atoms with van der Waals surface area (Å²) in [6.07, 6.45) is 0. The Morgan fingerprint density at radius 3 is 2.78 bits per heavy atom. The van der Waals surface area contributed by atoms with Crippen molar-refractivity contribution < 1.29 is 14.3 Å². The lowest BCUT2D eigenvalue weighted by atomic mass is 10.2. The summed E-state index contributed by atoms with van der Waals surface area (Å²) >= 11 is 3.00. The highest BCUT2D eigenvalue weighted by Gasteiger charge is 2.23. The molecular weight excluding hydrogens is 444 g/mol. The topological polar surface area (TPSA) is 78.3 Å². The second-order valence-corrected chi connectivity index (χ2v) is 9.44. The van der Waals surface area contributed by atoms with Crippen LogP contribution in [-0.2, 0) is 11.3 Å². The molecule has 0 radical (unpaired) electrons. The molecule has 1 atom stereocenters. The average Bonchev–Trinajstić information content (AvgIpc) is 3.58. The molecule has 0 saturated heterocycles. The number of rotatable bonds is 7. The number of hydrogen-bond acceptors (Lipinski definition) is 7. The van der Waals surface area contributed by atoms with Crippen molar-refractivity contribution in [3.05, 3.63) is 70.9 Å². The van der Waals surface area contributed by atoms with Crippen molar-refractivity contribution in [3.8, 4) is 28.6 Å². The molecule has 2 aromatic carbocycles. The van der Waals surface area contributed by atoms with E-state index in [2.05, 4.69) is 15.5 Å². The number of hydrogen-bond donors (Lipinski definition) is 1. The van der Waals surface area contributed by atoms with Crippen LogP contribution in [0.5, 0.6) is 11.5 Å². The molecule has 4 aromatic rings. The molecule has 0 aliphatic carbocycles. The standard InChI is InChI=1S/C23H20N4O3S2/c1-15(22(28)24-13-18-8-5-11-31-18)32-23-26-25-21(27(23)17-6-3-2-4-7-17)16-9-10-19-20(12-16)30-14-29-19/h2-12,15H,13-14H2,1H3,(H,24,28)/t15-/m0/s1. The van der Waals surface area contributed by atoms with E-state index in [1.165, 1.54) is 11.8 Å². The number of nitrogens with one attached hydrogen (secondary N) is 1. The first-order valence-electron chi connectivity index (χ1n) is 10.1. The number of fused-ring (bicyclic) bond motifs is 1. The summed E-state index contributed by atoms with van der Waals surface area (Å²) in [4.78, 5) is 13.8. The molecule has 7 nitrogen and oxygen atoms in total. The van der Waals surface area contributed by atoms with E-state index in [0.717, 1.165) is 16.1 Å². The van der Waals surface area contributed by atoms with Gasteiger partial charge in [0.05, 0.1) is 11.8 Å². The van der Waals surface area contributed by atoms with Gasteiger partial charge in [-0.15, -0.1) is 21.5 Å². The summed E-state index contributed by atoms with van der Waals surface area (Å²) in [5.74, 6) is 2.02. The zero-order chi connectivity index (χ0) is 21.9. The van der Waals surface area contributed by atoms with Gasteiger partial charge in [0, 0.05) is 16.1 Å². The van der Waals surface area contributed by atoms with Crippen LogP contribution in [0, 0.1) is 0 Å². The van der Waals surface area contributed by atoms with E-state index in [4.69, 9.17) is 9.47 Å². The van der Waals surface area contributed by atoms with E-state index < -0.39 is 0 Å². The van der Waals surface area contributed by atoms with E-state index in [0.29, 0.717) is 29.0 Å². The molecule has 0 fully saturated rings. The van der Waals surface area contributed by atoms with Gasteiger partial charge in [-0.2, -0.15) is 0 Å². The van der Waals surface area contributed by atoms with Crippen LogP contribution < -0.4 is 14.8 Å². The first-order chi connectivity index (χ1) is 15.7. The van der Waals surface area contributed by atoms with Crippen LogP contribution in [0.3, 0.4) is 0 Å². The zero-order valence-corrected chi connectivity index (χ0v) is 18.9. The molecule has 9 heteroatoms. The maximum atomic E-state index is 12.7. The monoisotopic (exact) mass is 464 g/mol. The number of carbonyl (C=O) groups is 1. The number of nitrogens with zero attached hydrogens (tertiary/aromatic N) is 3. The highest BCUT2D eigenvalue weighted by Crippen LogP contribution is 2.37. The van der Waals surface area contributed by atoms with Crippen molar-refractivity contribution in [2.45, 2.75) is 23.9 Å². The third-order valence-corrected chi connectivity index (χ3v) is 6.87. The Morgan fingerprint density at radius 1 is 1.12 bits per heavy atom. The molecule has 0 spiro atoms. The summed E-state index contributed by atoms with van der Waals surface area (Å²) in [5, 5.41) is 14.2. The average molecular weight is 465 g/mol. The summed E-state index contributed by atoms with van der Waals surface area (Å²) < 4.78 is 12.9. The van der Waals surface area contributed by atoms with Gasteiger partial charge in [0.15, 0.2) is 22.5 Å². The van der Waals surface area contributed by atoms with Gasteiger partial charge in [-0.3, -0.25) is 9.36 Å². The van der Waals surface area contributed by atoms with Crippen molar-refractivity contribution in [3.63, 3.8) is 0 Å². The second kappa shape index (κ2) is 9.05. The number of ether oxygens (including phenoxy) is 2. The quantitative estimate of drug-likeness (QED) is 0.405. The van der Waals surface area contributed by atoms with Crippen LogP contribution in [0.2, 0.25) is 0 Å². The van der Waals surface area contributed by atoms with Gasteiger partial charge >= 0.3 is 0 Å². The van der Waals surface area contributed by atoms with Gasteiger partial charge in [0.1, 0.15) is 0 Å². The fraction of sp³-hybridized carbons (Fsp3) is 0.174. The van der Waals surface area contributed by atoms with Gasteiger partial charge in [0.2, 0.25) is 12.7 Å². The molecule has 3 heterocycles. The third-order valence-electron chi connectivity index (χ3n) is 4.95.